The lowest BCUT2D eigenvalue weighted by Gasteiger charge is -2.39. The third-order valence-electron chi connectivity index (χ3n) is 2.92. The fourth-order valence-electron chi connectivity index (χ4n) is 2.29. The van der Waals surface area contributed by atoms with Crippen LogP contribution in [0.25, 0.3) is 0 Å². The lowest BCUT2D eigenvalue weighted by molar-refractivity contribution is 0.00758. The maximum Gasteiger partial charge on any atom is 0.0620 e. The number of ether oxygens (including phenoxy) is 1. The van der Waals surface area contributed by atoms with E-state index in [2.05, 4.69) is 12.2 Å². The van der Waals surface area contributed by atoms with E-state index in [4.69, 9.17) is 4.74 Å². The van der Waals surface area contributed by atoms with Gasteiger partial charge in [0.15, 0.2) is 0 Å². The molecule has 2 atom stereocenters. The third-order valence-corrected chi connectivity index (χ3v) is 2.92. The predicted octanol–water partition coefficient (Wildman–Crippen LogP) is 1.16. The van der Waals surface area contributed by atoms with E-state index in [1.165, 1.54) is 19.3 Å². The molecular formula is C9H17NO. The third kappa shape index (κ3) is 1.57. The summed E-state index contributed by atoms with van der Waals surface area (Å²) >= 11 is 0. The number of hydrogen-bond donors (Lipinski definition) is 1. The molecule has 0 spiro atoms. The summed E-state index contributed by atoms with van der Waals surface area (Å²) in [6, 6.07) is 1.32. The van der Waals surface area contributed by atoms with Gasteiger partial charge in [-0.2, -0.15) is 0 Å². The molecule has 2 nitrogen and oxygen atoms in total. The van der Waals surface area contributed by atoms with Crippen molar-refractivity contribution in [3.8, 4) is 0 Å². The zero-order valence-corrected chi connectivity index (χ0v) is 7.18. The van der Waals surface area contributed by atoms with Crippen LogP contribution in [0.3, 0.4) is 0 Å². The second-order valence-corrected chi connectivity index (χ2v) is 3.84. The van der Waals surface area contributed by atoms with Crippen LogP contribution >= 0.6 is 0 Å². The van der Waals surface area contributed by atoms with Crippen LogP contribution in [0.2, 0.25) is 0 Å². The molecule has 1 N–H and O–H groups in total. The van der Waals surface area contributed by atoms with Gasteiger partial charge in [-0.05, 0) is 18.8 Å². The summed E-state index contributed by atoms with van der Waals surface area (Å²) in [5, 5.41) is 3.59. The molecule has 0 amide bonds. The highest BCUT2D eigenvalue weighted by atomic mass is 16.5. The molecule has 2 unspecified atom stereocenters. The van der Waals surface area contributed by atoms with Crippen LogP contribution in [0.4, 0.5) is 0 Å². The van der Waals surface area contributed by atoms with Gasteiger partial charge in [0.2, 0.25) is 0 Å². The van der Waals surface area contributed by atoms with Crippen molar-refractivity contribution in [2.45, 2.75) is 38.3 Å². The van der Waals surface area contributed by atoms with Crippen molar-refractivity contribution in [2.24, 2.45) is 5.92 Å². The van der Waals surface area contributed by atoms with Gasteiger partial charge in [-0.3, -0.25) is 0 Å². The van der Waals surface area contributed by atoms with Crippen molar-refractivity contribution in [3.05, 3.63) is 0 Å². The second kappa shape index (κ2) is 3.11. The number of morpholine rings is 1. The van der Waals surface area contributed by atoms with Crippen LogP contribution < -0.4 is 5.32 Å². The maximum absolute atomic E-state index is 5.47. The Kier molecular flexibility index (Phi) is 2.14. The van der Waals surface area contributed by atoms with Crippen LogP contribution in [0.1, 0.15) is 26.2 Å². The molecule has 64 valence electrons. The standard InChI is InChI=1S/C9H17NO/c1-2-7-3-8-5-11-6-9(4-7)10-8/h7-10H,2-6H2,1H3. The van der Waals surface area contributed by atoms with Gasteiger partial charge in [-0.25, -0.2) is 0 Å². The van der Waals surface area contributed by atoms with Gasteiger partial charge < -0.3 is 10.1 Å². The molecule has 2 bridgehead atoms. The zero-order chi connectivity index (χ0) is 7.68. The first kappa shape index (κ1) is 7.56. The van der Waals surface area contributed by atoms with E-state index >= 15 is 0 Å². The Balaban J connectivity index is 1.94. The quantitative estimate of drug-likeness (QED) is 0.613. The molecule has 2 heterocycles. The van der Waals surface area contributed by atoms with Crippen LogP contribution in [0.15, 0.2) is 0 Å². The summed E-state index contributed by atoms with van der Waals surface area (Å²) in [4.78, 5) is 0. The molecule has 2 fully saturated rings. The highest BCUT2D eigenvalue weighted by molar-refractivity contribution is 4.87. The Morgan fingerprint density at radius 3 is 2.45 bits per heavy atom. The number of rotatable bonds is 1. The smallest absolute Gasteiger partial charge is 0.0620 e. The Labute approximate surface area is 68.3 Å². The van der Waals surface area contributed by atoms with E-state index in [0.29, 0.717) is 12.1 Å². The van der Waals surface area contributed by atoms with Crippen LogP contribution in [0.5, 0.6) is 0 Å². The van der Waals surface area contributed by atoms with Crippen molar-refractivity contribution in [2.75, 3.05) is 13.2 Å². The van der Waals surface area contributed by atoms with Crippen molar-refractivity contribution < 1.29 is 4.74 Å². The monoisotopic (exact) mass is 155 g/mol. The fourth-order valence-corrected chi connectivity index (χ4v) is 2.29. The normalized spacial score (nSPS) is 43.9. The van der Waals surface area contributed by atoms with Gasteiger partial charge in [0.1, 0.15) is 0 Å². The molecule has 0 saturated carbocycles. The van der Waals surface area contributed by atoms with E-state index in [1.54, 1.807) is 0 Å². The summed E-state index contributed by atoms with van der Waals surface area (Å²) in [5.74, 6) is 0.954. The highest BCUT2D eigenvalue weighted by Gasteiger charge is 2.30. The zero-order valence-electron chi connectivity index (χ0n) is 7.18. The van der Waals surface area contributed by atoms with E-state index in [-0.39, 0.29) is 0 Å². The van der Waals surface area contributed by atoms with Gasteiger partial charge in [0.05, 0.1) is 13.2 Å². The van der Waals surface area contributed by atoms with Crippen LogP contribution in [0, 0.1) is 5.92 Å². The molecule has 0 radical (unpaired) electrons. The number of fused-ring (bicyclic) bond motifs is 2. The molecule has 0 aliphatic carbocycles. The van der Waals surface area contributed by atoms with Gasteiger partial charge >= 0.3 is 0 Å². The van der Waals surface area contributed by atoms with E-state index in [9.17, 15) is 0 Å². The molecule has 11 heavy (non-hydrogen) atoms. The molecule has 0 aromatic carbocycles. The SMILES string of the molecule is CCC1CC2COCC(C1)N2. The molecule has 2 heteroatoms. The first-order valence-corrected chi connectivity index (χ1v) is 4.72. The molecule has 2 rings (SSSR count). The summed E-state index contributed by atoms with van der Waals surface area (Å²) in [7, 11) is 0. The summed E-state index contributed by atoms with van der Waals surface area (Å²) in [6.45, 7) is 4.17. The summed E-state index contributed by atoms with van der Waals surface area (Å²) in [6.07, 6.45) is 3.99. The number of hydrogen-bond acceptors (Lipinski definition) is 2. The lowest BCUT2D eigenvalue weighted by atomic mass is 9.85. The summed E-state index contributed by atoms with van der Waals surface area (Å²) < 4.78 is 5.47. The highest BCUT2D eigenvalue weighted by Crippen LogP contribution is 2.25. The Bertz CT molecular complexity index is 126. The fraction of sp³-hybridized carbons (Fsp3) is 1.00. The average Bonchev–Trinajstić information content (AvgIpc) is 2.03. The number of nitrogens with one attached hydrogen (secondary N) is 1. The Hall–Kier alpha value is -0.0800. The van der Waals surface area contributed by atoms with Crippen molar-refractivity contribution in [1.29, 1.82) is 0 Å². The largest absolute Gasteiger partial charge is 0.378 e. The minimum absolute atomic E-state index is 0.660. The summed E-state index contributed by atoms with van der Waals surface area (Å²) in [5.41, 5.74) is 0. The first-order valence-electron chi connectivity index (χ1n) is 4.72. The molecular weight excluding hydrogens is 138 g/mol. The minimum Gasteiger partial charge on any atom is -0.378 e. The number of piperidine rings is 1. The van der Waals surface area contributed by atoms with Crippen LogP contribution in [-0.4, -0.2) is 25.3 Å². The van der Waals surface area contributed by atoms with Crippen molar-refractivity contribution in [1.82, 2.24) is 5.32 Å². The maximum atomic E-state index is 5.47. The minimum atomic E-state index is 0.660. The molecule has 2 aliphatic heterocycles. The van der Waals surface area contributed by atoms with Gasteiger partial charge in [-0.15, -0.1) is 0 Å². The van der Waals surface area contributed by atoms with Gasteiger partial charge in [-0.1, -0.05) is 13.3 Å². The Morgan fingerprint density at radius 2 is 1.91 bits per heavy atom. The van der Waals surface area contributed by atoms with Crippen molar-refractivity contribution in [3.63, 3.8) is 0 Å². The Morgan fingerprint density at radius 1 is 1.27 bits per heavy atom. The first-order chi connectivity index (χ1) is 5.38. The molecule has 0 aromatic heterocycles. The van der Waals surface area contributed by atoms with E-state index in [0.717, 1.165) is 19.1 Å². The average molecular weight is 155 g/mol. The van der Waals surface area contributed by atoms with Gasteiger partial charge in [0.25, 0.3) is 0 Å². The predicted molar refractivity (Wildman–Crippen MR) is 44.5 cm³/mol. The molecule has 0 aromatic rings. The topological polar surface area (TPSA) is 21.3 Å². The van der Waals surface area contributed by atoms with Crippen molar-refractivity contribution >= 4 is 0 Å². The van der Waals surface area contributed by atoms with E-state index < -0.39 is 0 Å². The van der Waals surface area contributed by atoms with Crippen LogP contribution in [-0.2, 0) is 4.74 Å². The molecule has 2 saturated heterocycles. The second-order valence-electron chi connectivity index (χ2n) is 3.84. The van der Waals surface area contributed by atoms with Gasteiger partial charge in [0, 0.05) is 12.1 Å². The molecule has 2 aliphatic rings. The lowest BCUT2D eigenvalue weighted by Crippen LogP contribution is -2.53. The van der Waals surface area contributed by atoms with E-state index in [1.807, 2.05) is 0 Å².